The maximum atomic E-state index is 10.5. The van der Waals surface area contributed by atoms with Crippen molar-refractivity contribution < 1.29 is 4.79 Å². The summed E-state index contributed by atoms with van der Waals surface area (Å²) in [7, 11) is 5.57. The second-order valence-corrected chi connectivity index (χ2v) is 2.69. The third-order valence-corrected chi connectivity index (χ3v) is 1.73. The number of benzene rings is 1. The van der Waals surface area contributed by atoms with Gasteiger partial charge in [0.05, 0.1) is 0 Å². The molecule has 0 aliphatic heterocycles. The van der Waals surface area contributed by atoms with Gasteiger partial charge in [0.2, 0.25) is 0 Å². The van der Waals surface area contributed by atoms with Gasteiger partial charge < -0.3 is 0 Å². The second kappa shape index (κ2) is 2.91. The molecule has 0 amide bonds. The number of hydrogen-bond donors (Lipinski definition) is 0. The Morgan fingerprint density at radius 1 is 1.27 bits per heavy atom. The topological polar surface area (TPSA) is 17.1 Å². The Labute approximate surface area is 67.8 Å². The molecule has 0 N–H and O–H groups in total. The van der Waals surface area contributed by atoms with E-state index in [1.807, 2.05) is 13.8 Å². The molecule has 2 radical (unpaired) electrons. The van der Waals surface area contributed by atoms with Crippen LogP contribution in [0.25, 0.3) is 0 Å². The molecule has 0 atom stereocenters. The lowest BCUT2D eigenvalue weighted by Crippen LogP contribution is -2.06. The molecule has 11 heavy (non-hydrogen) atoms. The van der Waals surface area contributed by atoms with Crippen molar-refractivity contribution in [1.82, 2.24) is 0 Å². The largest absolute Gasteiger partial charge is 0.298 e. The summed E-state index contributed by atoms with van der Waals surface area (Å²) in [5.41, 5.74) is 3.35. The van der Waals surface area contributed by atoms with Crippen LogP contribution < -0.4 is 5.46 Å². The molecule has 1 rings (SSSR count). The second-order valence-electron chi connectivity index (χ2n) is 2.69. The summed E-state index contributed by atoms with van der Waals surface area (Å²) in [5, 5.41) is 0. The lowest BCUT2D eigenvalue weighted by molar-refractivity contribution is 0.112. The highest BCUT2D eigenvalue weighted by Crippen LogP contribution is 2.07. The van der Waals surface area contributed by atoms with Crippen molar-refractivity contribution in [3.05, 3.63) is 28.8 Å². The predicted molar refractivity (Wildman–Crippen MR) is 46.7 cm³/mol. The summed E-state index contributed by atoms with van der Waals surface area (Å²) in [6.45, 7) is 3.76. The van der Waals surface area contributed by atoms with Gasteiger partial charge in [0.1, 0.15) is 7.85 Å². The fourth-order valence-electron chi connectivity index (χ4n) is 1.19. The lowest BCUT2D eigenvalue weighted by Gasteiger charge is -2.04. The molecule has 0 fully saturated rings. The minimum absolute atomic E-state index is 0.714. The zero-order valence-corrected chi connectivity index (χ0v) is 6.72. The van der Waals surface area contributed by atoms with E-state index < -0.39 is 0 Å². The van der Waals surface area contributed by atoms with E-state index in [2.05, 4.69) is 0 Å². The Balaban J connectivity index is 3.36. The van der Waals surface area contributed by atoms with E-state index in [-0.39, 0.29) is 0 Å². The molecule has 0 bridgehead atoms. The van der Waals surface area contributed by atoms with Crippen molar-refractivity contribution in [1.29, 1.82) is 0 Å². The molecule has 0 heterocycles. The predicted octanol–water partition coefficient (Wildman–Crippen LogP) is 0.910. The zero-order chi connectivity index (χ0) is 8.43. The van der Waals surface area contributed by atoms with Gasteiger partial charge in [0.25, 0.3) is 0 Å². The molecule has 1 aromatic carbocycles. The van der Waals surface area contributed by atoms with E-state index in [9.17, 15) is 4.79 Å². The van der Waals surface area contributed by atoms with E-state index in [0.717, 1.165) is 23.0 Å². The van der Waals surface area contributed by atoms with Gasteiger partial charge in [-0.1, -0.05) is 17.6 Å². The molecule has 0 spiro atoms. The Morgan fingerprint density at radius 2 is 1.73 bits per heavy atom. The first kappa shape index (κ1) is 8.06. The van der Waals surface area contributed by atoms with E-state index in [1.54, 1.807) is 12.1 Å². The van der Waals surface area contributed by atoms with Gasteiger partial charge in [-0.25, -0.2) is 0 Å². The van der Waals surface area contributed by atoms with Gasteiger partial charge in [0.15, 0.2) is 6.29 Å². The number of hydrogen-bond acceptors (Lipinski definition) is 1. The maximum absolute atomic E-state index is 10.5. The molecule has 54 valence electrons. The highest BCUT2D eigenvalue weighted by molar-refractivity contribution is 6.32. The molecule has 0 aliphatic rings. The van der Waals surface area contributed by atoms with Crippen molar-refractivity contribution in [2.45, 2.75) is 13.8 Å². The van der Waals surface area contributed by atoms with Crippen LogP contribution in [0.2, 0.25) is 0 Å². The molecule has 0 saturated heterocycles. The first-order valence-electron chi connectivity index (χ1n) is 3.47. The average Bonchev–Trinajstić information content (AvgIpc) is 1.85. The summed E-state index contributed by atoms with van der Waals surface area (Å²) >= 11 is 0. The van der Waals surface area contributed by atoms with Crippen molar-refractivity contribution in [2.24, 2.45) is 0 Å². The molecule has 0 aromatic heterocycles. The summed E-state index contributed by atoms with van der Waals surface area (Å²) in [5.74, 6) is 0. The Hall–Kier alpha value is -1.05. The van der Waals surface area contributed by atoms with E-state index in [1.165, 1.54) is 0 Å². The van der Waals surface area contributed by atoms with Gasteiger partial charge in [-0.05, 0) is 25.0 Å². The normalized spacial score (nSPS) is 9.64. The molecular weight excluding hydrogens is 135 g/mol. The minimum Gasteiger partial charge on any atom is -0.298 e. The number of rotatable bonds is 1. The van der Waals surface area contributed by atoms with Crippen LogP contribution in [0.3, 0.4) is 0 Å². The Bertz CT molecular complexity index is 269. The number of aldehydes is 1. The van der Waals surface area contributed by atoms with Crippen LogP contribution in [0.15, 0.2) is 12.1 Å². The molecule has 0 unspecified atom stereocenters. The average molecular weight is 144 g/mol. The van der Waals surface area contributed by atoms with Gasteiger partial charge in [-0.15, -0.1) is 0 Å². The molecule has 0 aliphatic carbocycles. The number of aryl methyl sites for hydroxylation is 2. The van der Waals surface area contributed by atoms with Crippen molar-refractivity contribution in [2.75, 3.05) is 0 Å². The van der Waals surface area contributed by atoms with Crippen LogP contribution in [-0.2, 0) is 0 Å². The van der Waals surface area contributed by atoms with Crippen LogP contribution in [0.1, 0.15) is 21.5 Å². The lowest BCUT2D eigenvalue weighted by atomic mass is 9.90. The minimum atomic E-state index is 0.714. The van der Waals surface area contributed by atoms with Crippen LogP contribution in [-0.4, -0.2) is 14.1 Å². The van der Waals surface area contributed by atoms with E-state index in [4.69, 9.17) is 7.85 Å². The monoisotopic (exact) mass is 144 g/mol. The third kappa shape index (κ3) is 1.51. The first-order valence-corrected chi connectivity index (χ1v) is 3.47. The van der Waals surface area contributed by atoms with Crippen LogP contribution >= 0.6 is 0 Å². The van der Waals surface area contributed by atoms with Crippen LogP contribution in [0, 0.1) is 13.8 Å². The fourth-order valence-corrected chi connectivity index (χ4v) is 1.19. The van der Waals surface area contributed by atoms with Crippen molar-refractivity contribution >= 4 is 19.6 Å². The maximum Gasteiger partial charge on any atom is 0.150 e. The summed E-state index contributed by atoms with van der Waals surface area (Å²) < 4.78 is 0. The molecule has 2 heteroatoms. The third-order valence-electron chi connectivity index (χ3n) is 1.73. The number of carbonyl (C=O) groups is 1. The zero-order valence-electron chi connectivity index (χ0n) is 6.72. The summed E-state index contributed by atoms with van der Waals surface area (Å²) in [4.78, 5) is 10.5. The van der Waals surface area contributed by atoms with Crippen LogP contribution in [0.4, 0.5) is 0 Å². The molecule has 1 aromatic rings. The Morgan fingerprint density at radius 3 is 2.09 bits per heavy atom. The van der Waals surface area contributed by atoms with Crippen molar-refractivity contribution in [3.63, 3.8) is 0 Å². The quantitative estimate of drug-likeness (QED) is 0.422. The van der Waals surface area contributed by atoms with Gasteiger partial charge >= 0.3 is 0 Å². The van der Waals surface area contributed by atoms with Crippen molar-refractivity contribution in [3.8, 4) is 0 Å². The van der Waals surface area contributed by atoms with Gasteiger partial charge in [-0.2, -0.15) is 0 Å². The van der Waals surface area contributed by atoms with Gasteiger partial charge in [0, 0.05) is 5.56 Å². The molecule has 1 nitrogen and oxygen atoms in total. The standard InChI is InChI=1S/C9H9BO/c1-6-3-8(10)4-7(2)9(6)5-11/h3-5H,1-2H3. The molecular formula is C9H9BO. The first-order chi connectivity index (χ1) is 5.15. The highest BCUT2D eigenvalue weighted by atomic mass is 16.1. The highest BCUT2D eigenvalue weighted by Gasteiger charge is 2.00. The SMILES string of the molecule is [B]c1cc(C)c(C=O)c(C)c1. The summed E-state index contributed by atoms with van der Waals surface area (Å²) in [6, 6.07) is 3.60. The van der Waals surface area contributed by atoms with Crippen LogP contribution in [0.5, 0.6) is 0 Å². The Kier molecular flexibility index (Phi) is 2.13. The summed E-state index contributed by atoms with van der Waals surface area (Å²) in [6.07, 6.45) is 0.865. The number of carbonyl (C=O) groups excluding carboxylic acids is 1. The van der Waals surface area contributed by atoms with E-state index >= 15 is 0 Å². The molecule has 0 saturated carbocycles. The van der Waals surface area contributed by atoms with Gasteiger partial charge in [-0.3, -0.25) is 4.79 Å². The fraction of sp³-hybridized carbons (Fsp3) is 0.222. The smallest absolute Gasteiger partial charge is 0.150 e. The van der Waals surface area contributed by atoms with E-state index in [0.29, 0.717) is 5.46 Å².